The van der Waals surface area contributed by atoms with Gasteiger partial charge in [-0.15, -0.1) is 0 Å². The van der Waals surface area contributed by atoms with Crippen molar-refractivity contribution in [2.45, 2.75) is 33.1 Å². The summed E-state index contributed by atoms with van der Waals surface area (Å²) in [4.78, 5) is 40.3. The molecular weight excluding hydrogens is 434 g/mol. The van der Waals surface area contributed by atoms with Gasteiger partial charge in [-0.05, 0) is 49.4 Å². The lowest BCUT2D eigenvalue weighted by molar-refractivity contribution is -0.386. The molecule has 2 aromatic carbocycles. The number of rotatable bonds is 7. The minimum absolute atomic E-state index is 0.0136. The van der Waals surface area contributed by atoms with Crippen LogP contribution in [0.2, 0.25) is 0 Å². The third kappa shape index (κ3) is 4.66. The van der Waals surface area contributed by atoms with Crippen LogP contribution >= 0.6 is 0 Å². The Morgan fingerprint density at radius 2 is 1.79 bits per heavy atom. The molecule has 1 amide bonds. The Morgan fingerprint density at radius 3 is 2.41 bits per heavy atom. The first-order valence-electron chi connectivity index (χ1n) is 11.0. The van der Waals surface area contributed by atoms with Gasteiger partial charge in [0.05, 0.1) is 34.5 Å². The minimum atomic E-state index is -0.440. The van der Waals surface area contributed by atoms with Gasteiger partial charge in [0.1, 0.15) is 5.69 Å². The fourth-order valence-corrected chi connectivity index (χ4v) is 4.06. The van der Waals surface area contributed by atoms with E-state index >= 15 is 0 Å². The highest BCUT2D eigenvalue weighted by Gasteiger charge is 2.32. The van der Waals surface area contributed by atoms with Crippen molar-refractivity contribution in [3.8, 4) is 11.1 Å². The average Bonchev–Trinajstić information content (AvgIpc) is 3.67. The summed E-state index contributed by atoms with van der Waals surface area (Å²) in [6, 6.07) is 14.6. The van der Waals surface area contributed by atoms with Gasteiger partial charge in [0, 0.05) is 12.3 Å². The van der Waals surface area contributed by atoms with Gasteiger partial charge < -0.3 is 10.1 Å². The number of anilines is 1. The van der Waals surface area contributed by atoms with Crippen LogP contribution in [0.4, 0.5) is 11.4 Å². The second-order valence-corrected chi connectivity index (χ2v) is 8.42. The minimum Gasteiger partial charge on any atom is -0.465 e. The Balaban J connectivity index is 1.64. The van der Waals surface area contributed by atoms with E-state index in [0.717, 1.165) is 29.5 Å². The number of nitro groups is 1. The molecule has 8 heteroatoms. The molecule has 1 aliphatic carbocycles. The zero-order chi connectivity index (χ0) is 24.4. The van der Waals surface area contributed by atoms with Crippen LogP contribution in [-0.2, 0) is 16.0 Å². The van der Waals surface area contributed by atoms with E-state index in [-0.39, 0.29) is 23.9 Å². The number of pyridine rings is 1. The topological polar surface area (TPSA) is 111 Å². The molecule has 174 valence electrons. The summed E-state index contributed by atoms with van der Waals surface area (Å²) in [6.45, 7) is 3.39. The van der Waals surface area contributed by atoms with Crippen molar-refractivity contribution >= 4 is 23.3 Å². The molecule has 1 fully saturated rings. The van der Waals surface area contributed by atoms with Gasteiger partial charge in [-0.3, -0.25) is 14.9 Å². The first kappa shape index (κ1) is 23.1. The van der Waals surface area contributed by atoms with E-state index in [9.17, 15) is 19.7 Å². The van der Waals surface area contributed by atoms with Gasteiger partial charge in [0.25, 0.3) is 5.69 Å². The number of methoxy groups -OCH3 is 1. The highest BCUT2D eigenvalue weighted by atomic mass is 16.6. The monoisotopic (exact) mass is 459 g/mol. The number of aromatic nitrogens is 1. The lowest BCUT2D eigenvalue weighted by Gasteiger charge is -2.14. The van der Waals surface area contributed by atoms with Crippen LogP contribution < -0.4 is 5.32 Å². The van der Waals surface area contributed by atoms with E-state index in [4.69, 9.17) is 4.74 Å². The average molecular weight is 460 g/mol. The van der Waals surface area contributed by atoms with Crippen LogP contribution in [0, 0.1) is 29.9 Å². The number of hydrogen-bond donors (Lipinski definition) is 1. The zero-order valence-corrected chi connectivity index (χ0v) is 19.3. The Hall–Kier alpha value is -4.07. The van der Waals surface area contributed by atoms with Crippen molar-refractivity contribution in [2.24, 2.45) is 5.92 Å². The van der Waals surface area contributed by atoms with Crippen LogP contribution in [0.25, 0.3) is 11.1 Å². The summed E-state index contributed by atoms with van der Waals surface area (Å²) in [5.74, 6) is -0.544. The summed E-state index contributed by atoms with van der Waals surface area (Å²) < 4.78 is 4.87. The highest BCUT2D eigenvalue weighted by Crippen LogP contribution is 2.35. The number of carbonyl (C=O) groups is 2. The van der Waals surface area contributed by atoms with E-state index in [1.54, 1.807) is 26.0 Å². The Morgan fingerprint density at radius 1 is 1.12 bits per heavy atom. The zero-order valence-electron chi connectivity index (χ0n) is 19.3. The highest BCUT2D eigenvalue weighted by molar-refractivity contribution is 5.97. The standard InChI is InChI=1S/C26H25N3O5/c1-15-23(28-25(30)19-12-13-19)16(2)27-22(24(15)29(32)33)14-17-8-10-18(11-9-17)20-6-4-5-7-21(20)26(31)34-3/h4-11,19H,12-14H2,1-3H3,(H,28,30). The molecule has 3 aromatic rings. The van der Waals surface area contributed by atoms with E-state index in [1.165, 1.54) is 7.11 Å². The Kier molecular flexibility index (Phi) is 6.40. The first-order valence-corrected chi connectivity index (χ1v) is 11.0. The summed E-state index contributed by atoms with van der Waals surface area (Å²) in [6.07, 6.45) is 1.95. The van der Waals surface area contributed by atoms with Crippen molar-refractivity contribution in [1.29, 1.82) is 0 Å². The van der Waals surface area contributed by atoms with E-state index in [2.05, 4.69) is 10.3 Å². The van der Waals surface area contributed by atoms with E-state index < -0.39 is 10.9 Å². The number of aryl methyl sites for hydroxylation is 1. The summed E-state index contributed by atoms with van der Waals surface area (Å²) in [7, 11) is 1.34. The van der Waals surface area contributed by atoms with Crippen LogP contribution in [0.5, 0.6) is 0 Å². The first-order chi connectivity index (χ1) is 16.3. The maximum atomic E-state index is 12.2. The molecule has 1 heterocycles. The van der Waals surface area contributed by atoms with Gasteiger partial charge in [-0.1, -0.05) is 42.5 Å². The molecule has 1 N–H and O–H groups in total. The Labute approximate surface area is 197 Å². The number of carbonyl (C=O) groups excluding carboxylic acids is 2. The van der Waals surface area contributed by atoms with Crippen molar-refractivity contribution in [3.05, 3.63) is 86.7 Å². The lowest BCUT2D eigenvalue weighted by Crippen LogP contribution is -2.17. The lowest BCUT2D eigenvalue weighted by atomic mass is 9.97. The maximum Gasteiger partial charge on any atom is 0.338 e. The van der Waals surface area contributed by atoms with Crippen LogP contribution in [0.15, 0.2) is 48.5 Å². The van der Waals surface area contributed by atoms with Crippen molar-refractivity contribution in [1.82, 2.24) is 4.98 Å². The van der Waals surface area contributed by atoms with Gasteiger partial charge in [-0.25, -0.2) is 9.78 Å². The number of nitrogens with zero attached hydrogens (tertiary/aromatic N) is 2. The van der Waals surface area contributed by atoms with E-state index in [0.29, 0.717) is 28.2 Å². The summed E-state index contributed by atoms with van der Waals surface area (Å²) >= 11 is 0. The third-order valence-corrected chi connectivity index (χ3v) is 6.02. The summed E-state index contributed by atoms with van der Waals surface area (Å²) in [5, 5.41) is 14.7. The van der Waals surface area contributed by atoms with Crippen molar-refractivity contribution in [3.63, 3.8) is 0 Å². The van der Waals surface area contributed by atoms with Gasteiger partial charge in [0.15, 0.2) is 0 Å². The fourth-order valence-electron chi connectivity index (χ4n) is 4.06. The maximum absolute atomic E-state index is 12.2. The molecule has 1 saturated carbocycles. The predicted molar refractivity (Wildman–Crippen MR) is 128 cm³/mol. The third-order valence-electron chi connectivity index (χ3n) is 6.02. The molecule has 0 atom stereocenters. The van der Waals surface area contributed by atoms with Gasteiger partial charge >= 0.3 is 5.97 Å². The van der Waals surface area contributed by atoms with Crippen LogP contribution in [-0.4, -0.2) is 28.9 Å². The largest absolute Gasteiger partial charge is 0.465 e. The molecule has 0 radical (unpaired) electrons. The molecule has 4 rings (SSSR count). The molecule has 0 bridgehead atoms. The number of benzene rings is 2. The molecular formula is C26H25N3O5. The number of hydrogen-bond acceptors (Lipinski definition) is 6. The molecule has 1 aliphatic rings. The van der Waals surface area contributed by atoms with Crippen LogP contribution in [0.1, 0.15) is 45.7 Å². The van der Waals surface area contributed by atoms with Crippen LogP contribution in [0.3, 0.4) is 0 Å². The second-order valence-electron chi connectivity index (χ2n) is 8.42. The normalized spacial score (nSPS) is 12.8. The quantitative estimate of drug-likeness (QED) is 0.302. The fraction of sp³-hybridized carbons (Fsp3) is 0.269. The smallest absolute Gasteiger partial charge is 0.338 e. The number of amides is 1. The molecule has 8 nitrogen and oxygen atoms in total. The van der Waals surface area contributed by atoms with Gasteiger partial charge in [0.2, 0.25) is 5.91 Å². The predicted octanol–water partition coefficient (Wildman–Crippen LogP) is 5.00. The molecule has 0 spiro atoms. The summed E-state index contributed by atoms with van der Waals surface area (Å²) in [5.41, 5.74) is 4.51. The van der Waals surface area contributed by atoms with Crippen molar-refractivity contribution in [2.75, 3.05) is 12.4 Å². The molecule has 0 saturated heterocycles. The van der Waals surface area contributed by atoms with E-state index in [1.807, 2.05) is 36.4 Å². The number of ether oxygens (including phenoxy) is 1. The molecule has 34 heavy (non-hydrogen) atoms. The molecule has 0 unspecified atom stereocenters. The van der Waals surface area contributed by atoms with Gasteiger partial charge in [-0.2, -0.15) is 0 Å². The van der Waals surface area contributed by atoms with Crippen molar-refractivity contribution < 1.29 is 19.2 Å². The Bertz CT molecular complexity index is 1280. The molecule has 0 aliphatic heterocycles. The molecule has 1 aromatic heterocycles. The SMILES string of the molecule is COC(=O)c1ccccc1-c1ccc(Cc2nc(C)c(NC(=O)C3CC3)c(C)c2[N+](=O)[O-])cc1. The number of nitrogens with one attached hydrogen (secondary N) is 1. The second kappa shape index (κ2) is 9.43. The number of esters is 1.